The van der Waals surface area contributed by atoms with Crippen LogP contribution in [0.5, 0.6) is 0 Å². The predicted octanol–water partition coefficient (Wildman–Crippen LogP) is 3.61. The minimum Gasteiger partial charge on any atom is -0.385 e. The van der Waals surface area contributed by atoms with E-state index in [0.29, 0.717) is 6.04 Å². The molecule has 0 heterocycles. The molecule has 17 heavy (non-hydrogen) atoms. The van der Waals surface area contributed by atoms with Gasteiger partial charge in [0.15, 0.2) is 0 Å². The fourth-order valence-electron chi connectivity index (χ4n) is 2.99. The summed E-state index contributed by atoms with van der Waals surface area (Å²) in [6.07, 6.45) is 9.78. The van der Waals surface area contributed by atoms with Gasteiger partial charge in [-0.1, -0.05) is 39.5 Å². The van der Waals surface area contributed by atoms with Crippen molar-refractivity contribution in [3.8, 4) is 0 Å². The van der Waals surface area contributed by atoms with Crippen LogP contribution >= 0.6 is 0 Å². The van der Waals surface area contributed by atoms with Gasteiger partial charge >= 0.3 is 0 Å². The Bertz CT molecular complexity index is 182. The van der Waals surface area contributed by atoms with E-state index >= 15 is 0 Å². The Balaban J connectivity index is 2.35. The number of rotatable bonds is 7. The number of hydrogen-bond donors (Lipinski definition) is 1. The van der Waals surface area contributed by atoms with E-state index in [2.05, 4.69) is 19.2 Å². The molecule has 0 amide bonds. The molecule has 0 saturated heterocycles. The molecule has 1 fully saturated rings. The highest BCUT2D eigenvalue weighted by atomic mass is 16.5. The second-order valence-corrected chi connectivity index (χ2v) is 5.86. The Morgan fingerprint density at radius 1 is 1.12 bits per heavy atom. The second kappa shape index (κ2) is 8.93. The first-order chi connectivity index (χ1) is 8.24. The van der Waals surface area contributed by atoms with Crippen LogP contribution in [-0.4, -0.2) is 26.3 Å². The quantitative estimate of drug-likeness (QED) is 0.543. The van der Waals surface area contributed by atoms with Gasteiger partial charge in [-0.15, -0.1) is 0 Å². The second-order valence-electron chi connectivity index (χ2n) is 5.86. The number of hydrogen-bond acceptors (Lipinski definition) is 2. The molecule has 0 aromatic carbocycles. The molecule has 0 spiro atoms. The topological polar surface area (TPSA) is 21.3 Å². The highest BCUT2D eigenvalue weighted by Gasteiger charge is 2.23. The number of methoxy groups -OCH3 is 1. The average Bonchev–Trinajstić information content (AvgIpc) is 2.52. The SMILES string of the molecule is COCCCC1CCCCCC1CNC(C)C. The molecule has 1 aliphatic carbocycles. The van der Waals surface area contributed by atoms with Crippen LogP contribution in [0.15, 0.2) is 0 Å². The van der Waals surface area contributed by atoms with E-state index in [1.54, 1.807) is 0 Å². The molecule has 2 atom stereocenters. The third-order valence-electron chi connectivity index (χ3n) is 4.03. The van der Waals surface area contributed by atoms with E-state index in [1.165, 1.54) is 51.5 Å². The minimum absolute atomic E-state index is 0.623. The van der Waals surface area contributed by atoms with Crippen LogP contribution in [-0.2, 0) is 4.74 Å². The molecule has 1 rings (SSSR count). The van der Waals surface area contributed by atoms with Crippen molar-refractivity contribution in [2.45, 2.75) is 64.8 Å². The van der Waals surface area contributed by atoms with Gasteiger partial charge in [0.2, 0.25) is 0 Å². The van der Waals surface area contributed by atoms with Crippen molar-refractivity contribution in [2.75, 3.05) is 20.3 Å². The average molecular weight is 241 g/mol. The lowest BCUT2D eigenvalue weighted by Crippen LogP contribution is -2.32. The van der Waals surface area contributed by atoms with Crippen LogP contribution < -0.4 is 5.32 Å². The van der Waals surface area contributed by atoms with E-state index in [-0.39, 0.29) is 0 Å². The van der Waals surface area contributed by atoms with Gasteiger partial charge < -0.3 is 10.1 Å². The molecule has 0 aromatic heterocycles. The molecule has 1 aliphatic rings. The molecular weight excluding hydrogens is 210 g/mol. The Labute approximate surface area is 108 Å². The summed E-state index contributed by atoms with van der Waals surface area (Å²) in [5, 5.41) is 3.63. The zero-order valence-corrected chi connectivity index (χ0v) is 12.0. The third kappa shape index (κ3) is 6.42. The van der Waals surface area contributed by atoms with Gasteiger partial charge in [0.05, 0.1) is 0 Å². The van der Waals surface area contributed by atoms with Crippen LogP contribution in [0.3, 0.4) is 0 Å². The van der Waals surface area contributed by atoms with Crippen LogP contribution in [0.25, 0.3) is 0 Å². The van der Waals surface area contributed by atoms with Crippen molar-refractivity contribution >= 4 is 0 Å². The van der Waals surface area contributed by atoms with Gasteiger partial charge in [-0.05, 0) is 37.6 Å². The van der Waals surface area contributed by atoms with Crippen molar-refractivity contribution < 1.29 is 4.74 Å². The molecule has 0 aliphatic heterocycles. The molecule has 102 valence electrons. The van der Waals surface area contributed by atoms with Gasteiger partial charge in [-0.25, -0.2) is 0 Å². The molecule has 2 nitrogen and oxygen atoms in total. The lowest BCUT2D eigenvalue weighted by molar-refractivity contribution is 0.175. The van der Waals surface area contributed by atoms with Crippen LogP contribution in [0, 0.1) is 11.8 Å². The zero-order chi connectivity index (χ0) is 12.5. The van der Waals surface area contributed by atoms with Gasteiger partial charge in [0, 0.05) is 19.8 Å². The molecule has 0 aromatic rings. The fraction of sp³-hybridized carbons (Fsp3) is 1.00. The first-order valence-corrected chi connectivity index (χ1v) is 7.46. The summed E-state index contributed by atoms with van der Waals surface area (Å²) in [5.41, 5.74) is 0. The fourth-order valence-corrected chi connectivity index (χ4v) is 2.99. The molecule has 1 N–H and O–H groups in total. The third-order valence-corrected chi connectivity index (χ3v) is 4.03. The standard InChI is InChI=1S/C15H31NO/c1-13(2)16-12-15-9-6-4-5-8-14(15)10-7-11-17-3/h13-16H,4-12H2,1-3H3. The van der Waals surface area contributed by atoms with Crippen molar-refractivity contribution in [3.05, 3.63) is 0 Å². The highest BCUT2D eigenvalue weighted by molar-refractivity contribution is 4.76. The predicted molar refractivity (Wildman–Crippen MR) is 74.3 cm³/mol. The molecule has 0 radical (unpaired) electrons. The Morgan fingerprint density at radius 3 is 2.47 bits per heavy atom. The summed E-state index contributed by atoms with van der Waals surface area (Å²) in [6.45, 7) is 6.64. The monoisotopic (exact) mass is 241 g/mol. The largest absolute Gasteiger partial charge is 0.385 e. The van der Waals surface area contributed by atoms with Crippen molar-refractivity contribution in [3.63, 3.8) is 0 Å². The Morgan fingerprint density at radius 2 is 1.82 bits per heavy atom. The van der Waals surface area contributed by atoms with E-state index in [1.807, 2.05) is 7.11 Å². The normalized spacial score (nSPS) is 26.1. The smallest absolute Gasteiger partial charge is 0.0462 e. The first-order valence-electron chi connectivity index (χ1n) is 7.46. The Hall–Kier alpha value is -0.0800. The minimum atomic E-state index is 0.623. The number of nitrogens with one attached hydrogen (secondary N) is 1. The van der Waals surface area contributed by atoms with Crippen molar-refractivity contribution in [2.24, 2.45) is 11.8 Å². The van der Waals surface area contributed by atoms with Gasteiger partial charge in [0.1, 0.15) is 0 Å². The van der Waals surface area contributed by atoms with E-state index in [4.69, 9.17) is 4.74 Å². The zero-order valence-electron chi connectivity index (χ0n) is 12.0. The molecule has 0 bridgehead atoms. The van der Waals surface area contributed by atoms with Crippen LogP contribution in [0.4, 0.5) is 0 Å². The first kappa shape index (κ1) is 15.0. The lowest BCUT2D eigenvalue weighted by Gasteiger charge is -2.26. The van der Waals surface area contributed by atoms with E-state index < -0.39 is 0 Å². The molecule has 2 unspecified atom stereocenters. The van der Waals surface area contributed by atoms with Crippen molar-refractivity contribution in [1.29, 1.82) is 0 Å². The lowest BCUT2D eigenvalue weighted by atomic mass is 9.84. The van der Waals surface area contributed by atoms with Crippen LogP contribution in [0.2, 0.25) is 0 Å². The van der Waals surface area contributed by atoms with Gasteiger partial charge in [-0.2, -0.15) is 0 Å². The maximum absolute atomic E-state index is 5.18. The molecular formula is C15H31NO. The number of ether oxygens (including phenoxy) is 1. The van der Waals surface area contributed by atoms with E-state index in [9.17, 15) is 0 Å². The Kier molecular flexibility index (Phi) is 7.87. The van der Waals surface area contributed by atoms with Gasteiger partial charge in [-0.3, -0.25) is 0 Å². The molecule has 1 saturated carbocycles. The van der Waals surface area contributed by atoms with E-state index in [0.717, 1.165) is 18.4 Å². The van der Waals surface area contributed by atoms with Crippen LogP contribution in [0.1, 0.15) is 58.8 Å². The summed E-state index contributed by atoms with van der Waals surface area (Å²) >= 11 is 0. The summed E-state index contributed by atoms with van der Waals surface area (Å²) in [6, 6.07) is 0.623. The van der Waals surface area contributed by atoms with Gasteiger partial charge in [0.25, 0.3) is 0 Å². The summed E-state index contributed by atoms with van der Waals surface area (Å²) in [5.74, 6) is 1.83. The highest BCUT2D eigenvalue weighted by Crippen LogP contribution is 2.31. The van der Waals surface area contributed by atoms with Crippen molar-refractivity contribution in [1.82, 2.24) is 5.32 Å². The molecule has 2 heteroatoms. The summed E-state index contributed by atoms with van der Waals surface area (Å²) in [4.78, 5) is 0. The maximum atomic E-state index is 5.18. The summed E-state index contributed by atoms with van der Waals surface area (Å²) in [7, 11) is 1.81. The maximum Gasteiger partial charge on any atom is 0.0462 e. The summed E-state index contributed by atoms with van der Waals surface area (Å²) < 4.78 is 5.18.